The van der Waals surface area contributed by atoms with Gasteiger partial charge in [-0.1, -0.05) is 67.3 Å². The molecule has 0 atom stereocenters. The van der Waals surface area contributed by atoms with Crippen LogP contribution in [0.5, 0.6) is 0 Å². The summed E-state index contributed by atoms with van der Waals surface area (Å²) in [6.45, 7) is 3.58. The van der Waals surface area contributed by atoms with Crippen molar-refractivity contribution in [1.29, 1.82) is 0 Å². The number of para-hydroxylation sites is 2. The first-order valence-corrected chi connectivity index (χ1v) is 7.94. The van der Waals surface area contributed by atoms with Crippen molar-refractivity contribution in [1.82, 2.24) is 4.57 Å². The predicted octanol–water partition coefficient (Wildman–Crippen LogP) is 3.86. The van der Waals surface area contributed by atoms with Gasteiger partial charge in [0.1, 0.15) is 0 Å². The third kappa shape index (κ3) is 2.94. The molecule has 4 heteroatoms. The number of nitrogens with zero attached hydrogens (tertiary/aromatic N) is 1. The second-order valence-electron chi connectivity index (χ2n) is 5.74. The third-order valence-electron chi connectivity index (χ3n) is 4.28. The highest BCUT2D eigenvalue weighted by Gasteiger charge is 2.10. The fourth-order valence-electron chi connectivity index (χ4n) is 3.10. The molecule has 0 saturated carbocycles. The second kappa shape index (κ2) is 6.91. The van der Waals surface area contributed by atoms with Gasteiger partial charge in [-0.05, 0) is 23.5 Å². The molecule has 0 aliphatic heterocycles. The number of rotatable bonds is 5. The van der Waals surface area contributed by atoms with Gasteiger partial charge in [0.2, 0.25) is 0 Å². The number of hydrogen-bond acceptors (Lipinski definition) is 2. The van der Waals surface area contributed by atoms with E-state index in [4.69, 9.17) is 0 Å². The number of allylic oxidation sites excluding steroid dienone is 4. The summed E-state index contributed by atoms with van der Waals surface area (Å²) in [5, 5.41) is 20.8. The lowest BCUT2D eigenvalue weighted by Gasteiger charge is -2.02. The lowest BCUT2D eigenvalue weighted by Crippen LogP contribution is -2.13. The van der Waals surface area contributed by atoms with Gasteiger partial charge in [-0.3, -0.25) is 0 Å². The van der Waals surface area contributed by atoms with Crippen LogP contribution < -0.4 is 0 Å². The van der Waals surface area contributed by atoms with E-state index in [2.05, 4.69) is 66.7 Å². The summed E-state index contributed by atoms with van der Waals surface area (Å²) >= 11 is 0. The minimum atomic E-state index is -1.47. The Labute approximate surface area is 142 Å². The lowest BCUT2D eigenvalue weighted by atomic mass is 9.79. The van der Waals surface area contributed by atoms with E-state index < -0.39 is 7.12 Å². The normalized spacial score (nSPS) is 12.4. The number of benzene rings is 2. The molecule has 3 rings (SSSR count). The zero-order chi connectivity index (χ0) is 17.1. The van der Waals surface area contributed by atoms with E-state index in [0.717, 1.165) is 5.56 Å². The number of aryl methyl sites for hydroxylation is 1. The van der Waals surface area contributed by atoms with E-state index >= 15 is 0 Å². The summed E-state index contributed by atoms with van der Waals surface area (Å²) in [6, 6.07) is 14.7. The van der Waals surface area contributed by atoms with Crippen molar-refractivity contribution in [2.45, 2.75) is 6.42 Å². The van der Waals surface area contributed by atoms with Crippen LogP contribution >= 0.6 is 0 Å². The lowest BCUT2D eigenvalue weighted by molar-refractivity contribution is 0.420. The molecule has 1 aromatic heterocycles. The molecule has 2 N–H and O–H groups in total. The van der Waals surface area contributed by atoms with Crippen molar-refractivity contribution in [3.63, 3.8) is 0 Å². The maximum absolute atomic E-state index is 9.18. The van der Waals surface area contributed by atoms with Crippen molar-refractivity contribution in [2.24, 2.45) is 7.05 Å². The Morgan fingerprint density at radius 2 is 1.88 bits per heavy atom. The van der Waals surface area contributed by atoms with E-state index in [-0.39, 0.29) is 0 Å². The molecular weight excluding hydrogens is 297 g/mol. The van der Waals surface area contributed by atoms with E-state index in [1.165, 1.54) is 27.9 Å². The van der Waals surface area contributed by atoms with Crippen molar-refractivity contribution in [3.05, 3.63) is 78.3 Å². The molecule has 2 aromatic carbocycles. The Kier molecular flexibility index (Phi) is 4.70. The Hall–Kier alpha value is -2.56. The fraction of sp³-hybridized carbons (Fsp3) is 0.100. The highest BCUT2D eigenvalue weighted by Crippen LogP contribution is 2.30. The Morgan fingerprint density at radius 3 is 2.62 bits per heavy atom. The van der Waals surface area contributed by atoms with Crippen molar-refractivity contribution in [2.75, 3.05) is 0 Å². The zero-order valence-corrected chi connectivity index (χ0v) is 13.7. The summed E-state index contributed by atoms with van der Waals surface area (Å²) in [5.41, 5.74) is 3.97. The van der Waals surface area contributed by atoms with Crippen LogP contribution in [-0.4, -0.2) is 21.7 Å². The molecule has 0 aliphatic carbocycles. The largest absolute Gasteiger partial charge is 0.488 e. The first-order valence-electron chi connectivity index (χ1n) is 7.94. The van der Waals surface area contributed by atoms with Crippen molar-refractivity contribution < 1.29 is 10.0 Å². The van der Waals surface area contributed by atoms with Crippen LogP contribution in [0.1, 0.15) is 12.0 Å². The van der Waals surface area contributed by atoms with Gasteiger partial charge < -0.3 is 14.6 Å². The maximum Gasteiger partial charge on any atom is 0.488 e. The van der Waals surface area contributed by atoms with Crippen LogP contribution in [0, 0.1) is 0 Å². The van der Waals surface area contributed by atoms with Gasteiger partial charge in [-0.15, -0.1) is 0 Å². The summed E-state index contributed by atoms with van der Waals surface area (Å²) in [6.07, 6.45) is 7.92. The monoisotopic (exact) mass is 317 g/mol. The molecule has 3 aromatic rings. The molecule has 0 aliphatic rings. The molecule has 0 radical (unpaired) electrons. The van der Waals surface area contributed by atoms with Crippen LogP contribution in [0.3, 0.4) is 0 Å². The van der Waals surface area contributed by atoms with Gasteiger partial charge in [-0.2, -0.15) is 0 Å². The maximum atomic E-state index is 9.18. The highest BCUT2D eigenvalue weighted by atomic mass is 16.4. The molecule has 24 heavy (non-hydrogen) atoms. The molecule has 1 heterocycles. The van der Waals surface area contributed by atoms with Crippen LogP contribution in [0.15, 0.2) is 72.7 Å². The zero-order valence-electron chi connectivity index (χ0n) is 13.7. The summed E-state index contributed by atoms with van der Waals surface area (Å²) in [7, 11) is 0.609. The predicted molar refractivity (Wildman–Crippen MR) is 103 cm³/mol. The van der Waals surface area contributed by atoms with E-state index in [0.29, 0.717) is 11.9 Å². The molecule has 120 valence electrons. The van der Waals surface area contributed by atoms with Gasteiger partial charge in [-0.25, -0.2) is 0 Å². The molecule has 0 unspecified atom stereocenters. The molecule has 0 amide bonds. The standard InChI is InChI=1S/C20H20BNO2/c1-3-16(21(23)24)11-5-4-9-15-10-8-13-18-17-12-6-7-14-19(17)22(2)20(15)18/h3-4,6-14,23-24H,1,5H2,2H3/b9-4+,16-11+. The topological polar surface area (TPSA) is 45.4 Å². The van der Waals surface area contributed by atoms with Gasteiger partial charge in [0, 0.05) is 23.3 Å². The summed E-state index contributed by atoms with van der Waals surface area (Å²) < 4.78 is 2.22. The minimum absolute atomic E-state index is 0.419. The average Bonchev–Trinajstić information content (AvgIpc) is 2.89. The average molecular weight is 317 g/mol. The van der Waals surface area contributed by atoms with Gasteiger partial charge >= 0.3 is 7.12 Å². The molecule has 0 spiro atoms. The van der Waals surface area contributed by atoms with E-state index in [9.17, 15) is 10.0 Å². The Balaban J connectivity index is 1.99. The SMILES string of the molecule is C=C/C(=C\C/C=C/c1cccc2c3ccccc3n(C)c12)B(O)O. The van der Waals surface area contributed by atoms with Crippen LogP contribution in [0.4, 0.5) is 0 Å². The van der Waals surface area contributed by atoms with E-state index in [1.54, 1.807) is 6.08 Å². The van der Waals surface area contributed by atoms with Gasteiger partial charge in [0.15, 0.2) is 0 Å². The Morgan fingerprint density at radius 1 is 1.12 bits per heavy atom. The van der Waals surface area contributed by atoms with Crippen LogP contribution in [0.2, 0.25) is 0 Å². The highest BCUT2D eigenvalue weighted by molar-refractivity contribution is 6.51. The number of fused-ring (bicyclic) bond motifs is 3. The van der Waals surface area contributed by atoms with Gasteiger partial charge in [0.05, 0.1) is 5.52 Å². The molecule has 0 bridgehead atoms. The van der Waals surface area contributed by atoms with Crippen LogP contribution in [-0.2, 0) is 7.05 Å². The van der Waals surface area contributed by atoms with E-state index in [1.807, 2.05) is 6.08 Å². The summed E-state index contributed by atoms with van der Waals surface area (Å²) in [4.78, 5) is 0. The summed E-state index contributed by atoms with van der Waals surface area (Å²) in [5.74, 6) is 0. The quantitative estimate of drug-likeness (QED) is 0.554. The third-order valence-corrected chi connectivity index (χ3v) is 4.28. The minimum Gasteiger partial charge on any atom is -0.423 e. The second-order valence-corrected chi connectivity index (χ2v) is 5.74. The first kappa shape index (κ1) is 16.3. The van der Waals surface area contributed by atoms with Crippen molar-refractivity contribution in [3.8, 4) is 0 Å². The van der Waals surface area contributed by atoms with Crippen molar-refractivity contribution >= 4 is 35.0 Å². The smallest absolute Gasteiger partial charge is 0.423 e. The molecule has 0 fully saturated rings. The Bertz CT molecular complexity index is 951. The molecule has 0 saturated heterocycles. The number of hydrogen-bond donors (Lipinski definition) is 2. The van der Waals surface area contributed by atoms with Crippen LogP contribution in [0.25, 0.3) is 27.9 Å². The molecular formula is C20H20BNO2. The fourth-order valence-corrected chi connectivity index (χ4v) is 3.10. The molecule has 3 nitrogen and oxygen atoms in total. The number of aromatic nitrogens is 1. The first-order chi connectivity index (χ1) is 11.6. The van der Waals surface area contributed by atoms with Gasteiger partial charge in [0.25, 0.3) is 0 Å².